The molecule has 0 spiro atoms. The molecular weight excluding hydrogens is 271 g/mol. The van der Waals surface area contributed by atoms with E-state index >= 15 is 0 Å². The molecule has 20 heavy (non-hydrogen) atoms. The first-order chi connectivity index (χ1) is 9.21. The summed E-state index contributed by atoms with van der Waals surface area (Å²) in [6.07, 6.45) is -4.44. The highest BCUT2D eigenvalue weighted by atomic mass is 19.4. The van der Waals surface area contributed by atoms with E-state index in [9.17, 15) is 18.0 Å². The number of carbonyl (C=O) groups excluding carboxylic acids is 1. The van der Waals surface area contributed by atoms with Crippen LogP contribution in [0.25, 0.3) is 0 Å². The van der Waals surface area contributed by atoms with Gasteiger partial charge in [0.1, 0.15) is 6.04 Å². The van der Waals surface area contributed by atoms with Gasteiger partial charge in [0.05, 0.1) is 5.56 Å². The second-order valence-electron chi connectivity index (χ2n) is 4.72. The Labute approximate surface area is 115 Å². The number of hydrogen-bond donors (Lipinski definition) is 2. The maximum atomic E-state index is 12.6. The molecule has 1 unspecified atom stereocenters. The lowest BCUT2D eigenvalue weighted by Crippen LogP contribution is -2.37. The Morgan fingerprint density at radius 3 is 2.55 bits per heavy atom. The second kappa shape index (κ2) is 6.71. The third kappa shape index (κ3) is 4.82. The predicted molar refractivity (Wildman–Crippen MR) is 69.9 cm³/mol. The van der Waals surface area contributed by atoms with Gasteiger partial charge < -0.3 is 16.0 Å². The van der Waals surface area contributed by atoms with E-state index in [-0.39, 0.29) is 5.56 Å². The Bertz CT molecular complexity index is 460. The molecule has 1 aromatic carbocycles. The topological polar surface area (TPSA) is 58.4 Å². The minimum atomic E-state index is -4.44. The average molecular weight is 289 g/mol. The molecular formula is C13H18F3N3O. The molecule has 0 aromatic heterocycles. The number of primary amides is 1. The summed E-state index contributed by atoms with van der Waals surface area (Å²) in [7, 11) is 3.70. The van der Waals surface area contributed by atoms with Crippen LogP contribution in [-0.2, 0) is 11.0 Å². The number of benzene rings is 1. The molecule has 0 aliphatic heterocycles. The molecule has 0 saturated heterocycles. The lowest BCUT2D eigenvalue weighted by molar-refractivity contribution is -0.137. The lowest BCUT2D eigenvalue weighted by Gasteiger charge is -2.18. The molecule has 0 saturated carbocycles. The summed E-state index contributed by atoms with van der Waals surface area (Å²) in [4.78, 5) is 13.3. The van der Waals surface area contributed by atoms with Gasteiger partial charge in [0.15, 0.2) is 0 Å². The van der Waals surface area contributed by atoms with Gasteiger partial charge in [-0.25, -0.2) is 0 Å². The zero-order chi connectivity index (χ0) is 15.3. The van der Waals surface area contributed by atoms with E-state index in [0.29, 0.717) is 13.1 Å². The number of hydrogen-bond acceptors (Lipinski definition) is 3. The van der Waals surface area contributed by atoms with Gasteiger partial charge in [-0.05, 0) is 31.8 Å². The molecule has 0 fully saturated rings. The van der Waals surface area contributed by atoms with Crippen molar-refractivity contribution in [2.45, 2.75) is 12.2 Å². The van der Waals surface area contributed by atoms with Crippen LogP contribution in [0.3, 0.4) is 0 Å². The Kier molecular flexibility index (Phi) is 5.52. The number of amides is 1. The summed E-state index contributed by atoms with van der Waals surface area (Å²) in [5, 5.41) is 2.86. The number of halogens is 3. The van der Waals surface area contributed by atoms with Gasteiger partial charge in [-0.1, -0.05) is 12.1 Å². The van der Waals surface area contributed by atoms with E-state index in [0.717, 1.165) is 12.1 Å². The van der Waals surface area contributed by atoms with Crippen molar-refractivity contribution in [3.63, 3.8) is 0 Å². The Morgan fingerprint density at radius 2 is 2.05 bits per heavy atom. The Hall–Kier alpha value is -1.60. The van der Waals surface area contributed by atoms with Crippen molar-refractivity contribution in [3.8, 4) is 0 Å². The van der Waals surface area contributed by atoms with Crippen LogP contribution in [0.2, 0.25) is 0 Å². The van der Waals surface area contributed by atoms with Crippen molar-refractivity contribution in [1.29, 1.82) is 0 Å². The SMILES string of the molecule is CN(C)CCNC(C(N)=O)c1cccc(C(F)(F)F)c1. The molecule has 112 valence electrons. The normalized spacial score (nSPS) is 13.5. The molecule has 0 radical (unpaired) electrons. The molecule has 1 rings (SSSR count). The summed E-state index contributed by atoms with van der Waals surface area (Å²) in [5.41, 5.74) is 4.67. The van der Waals surface area contributed by atoms with Crippen LogP contribution in [0.15, 0.2) is 24.3 Å². The highest BCUT2D eigenvalue weighted by Gasteiger charge is 2.31. The van der Waals surface area contributed by atoms with Crippen molar-refractivity contribution in [1.82, 2.24) is 10.2 Å². The van der Waals surface area contributed by atoms with Crippen molar-refractivity contribution < 1.29 is 18.0 Å². The van der Waals surface area contributed by atoms with Crippen molar-refractivity contribution in [3.05, 3.63) is 35.4 Å². The second-order valence-corrected chi connectivity index (χ2v) is 4.72. The van der Waals surface area contributed by atoms with Crippen LogP contribution >= 0.6 is 0 Å². The van der Waals surface area contributed by atoms with E-state index in [2.05, 4.69) is 5.32 Å². The van der Waals surface area contributed by atoms with Crippen molar-refractivity contribution in [2.24, 2.45) is 5.73 Å². The largest absolute Gasteiger partial charge is 0.416 e. The van der Waals surface area contributed by atoms with Gasteiger partial charge >= 0.3 is 6.18 Å². The summed E-state index contributed by atoms with van der Waals surface area (Å²) >= 11 is 0. The predicted octanol–water partition coefficient (Wildman–Crippen LogP) is 1.38. The number of rotatable bonds is 6. The van der Waals surface area contributed by atoms with E-state index in [4.69, 9.17) is 5.73 Å². The Balaban J connectivity index is 2.89. The fourth-order valence-electron chi connectivity index (χ4n) is 1.71. The number of alkyl halides is 3. The minimum absolute atomic E-state index is 0.214. The molecule has 1 amide bonds. The third-order valence-electron chi connectivity index (χ3n) is 2.74. The van der Waals surface area contributed by atoms with Crippen LogP contribution < -0.4 is 11.1 Å². The van der Waals surface area contributed by atoms with Crippen LogP contribution in [0.4, 0.5) is 13.2 Å². The van der Waals surface area contributed by atoms with E-state index in [1.54, 1.807) is 0 Å². The summed E-state index contributed by atoms with van der Waals surface area (Å²) in [5.74, 6) is -0.705. The zero-order valence-corrected chi connectivity index (χ0v) is 11.4. The molecule has 7 heteroatoms. The molecule has 1 aromatic rings. The quantitative estimate of drug-likeness (QED) is 0.832. The molecule has 0 aliphatic rings. The standard InChI is InChI=1S/C13H18F3N3O/c1-19(2)7-6-18-11(12(17)20)9-4-3-5-10(8-9)13(14,15)16/h3-5,8,11,18H,6-7H2,1-2H3,(H2,17,20). The number of nitrogens with one attached hydrogen (secondary N) is 1. The molecule has 4 nitrogen and oxygen atoms in total. The first-order valence-electron chi connectivity index (χ1n) is 6.06. The fraction of sp³-hybridized carbons (Fsp3) is 0.462. The highest BCUT2D eigenvalue weighted by molar-refractivity contribution is 5.81. The van der Waals surface area contributed by atoms with E-state index in [1.165, 1.54) is 12.1 Å². The number of nitrogens with two attached hydrogens (primary N) is 1. The van der Waals surface area contributed by atoms with Crippen LogP contribution in [0.5, 0.6) is 0 Å². The van der Waals surface area contributed by atoms with Gasteiger partial charge in [0.2, 0.25) is 5.91 Å². The monoisotopic (exact) mass is 289 g/mol. The van der Waals surface area contributed by atoms with Crippen LogP contribution in [0.1, 0.15) is 17.2 Å². The molecule has 0 heterocycles. The maximum Gasteiger partial charge on any atom is 0.416 e. The van der Waals surface area contributed by atoms with Gasteiger partial charge in [-0.2, -0.15) is 13.2 Å². The summed E-state index contributed by atoms with van der Waals surface area (Å²) in [6, 6.07) is 3.69. The van der Waals surface area contributed by atoms with Crippen LogP contribution in [-0.4, -0.2) is 38.0 Å². The summed E-state index contributed by atoms with van der Waals surface area (Å²) < 4.78 is 37.9. The molecule has 0 aliphatic carbocycles. The van der Waals surface area contributed by atoms with Gasteiger partial charge in [-0.15, -0.1) is 0 Å². The van der Waals surface area contributed by atoms with E-state index < -0.39 is 23.7 Å². The average Bonchev–Trinajstić information content (AvgIpc) is 2.33. The number of nitrogens with zero attached hydrogens (tertiary/aromatic N) is 1. The van der Waals surface area contributed by atoms with Gasteiger partial charge in [0, 0.05) is 13.1 Å². The number of likely N-dealkylation sites (N-methyl/N-ethyl adjacent to an activating group) is 1. The third-order valence-corrected chi connectivity index (χ3v) is 2.74. The first kappa shape index (κ1) is 16.5. The first-order valence-corrected chi connectivity index (χ1v) is 6.06. The van der Waals surface area contributed by atoms with Gasteiger partial charge in [-0.3, -0.25) is 4.79 Å². The molecule has 0 bridgehead atoms. The zero-order valence-electron chi connectivity index (χ0n) is 11.4. The number of carbonyl (C=O) groups is 1. The minimum Gasteiger partial charge on any atom is -0.368 e. The summed E-state index contributed by atoms with van der Waals surface area (Å²) in [6.45, 7) is 1.08. The van der Waals surface area contributed by atoms with Crippen molar-refractivity contribution >= 4 is 5.91 Å². The smallest absolute Gasteiger partial charge is 0.368 e. The highest BCUT2D eigenvalue weighted by Crippen LogP contribution is 2.30. The maximum absolute atomic E-state index is 12.6. The molecule has 1 atom stereocenters. The van der Waals surface area contributed by atoms with Crippen molar-refractivity contribution in [2.75, 3.05) is 27.2 Å². The van der Waals surface area contributed by atoms with E-state index in [1.807, 2.05) is 19.0 Å². The molecule has 3 N–H and O–H groups in total. The Morgan fingerprint density at radius 1 is 1.40 bits per heavy atom. The van der Waals surface area contributed by atoms with Gasteiger partial charge in [0.25, 0.3) is 0 Å². The fourth-order valence-corrected chi connectivity index (χ4v) is 1.71. The van der Waals surface area contributed by atoms with Crippen LogP contribution in [0, 0.1) is 0 Å². The lowest BCUT2D eigenvalue weighted by atomic mass is 10.0.